The number of benzene rings is 2. The fraction of sp³-hybridized carbons (Fsp3) is 0.176. The first-order valence-corrected chi connectivity index (χ1v) is 7.30. The average molecular weight is 310 g/mol. The van der Waals surface area contributed by atoms with Crippen molar-refractivity contribution in [2.75, 3.05) is 17.0 Å². The van der Waals surface area contributed by atoms with E-state index in [4.69, 9.17) is 9.47 Å². The lowest BCUT2D eigenvalue weighted by molar-refractivity contribution is -0.121. The van der Waals surface area contributed by atoms with Crippen LogP contribution in [0.1, 0.15) is 6.42 Å². The van der Waals surface area contributed by atoms with Gasteiger partial charge in [-0.2, -0.15) is 0 Å². The molecule has 2 aliphatic rings. The van der Waals surface area contributed by atoms with E-state index in [0.29, 0.717) is 17.2 Å². The maximum atomic E-state index is 12.5. The normalized spacial score (nSPS) is 19.3. The molecule has 4 rings (SSSR count). The molecule has 6 heteroatoms. The van der Waals surface area contributed by atoms with Gasteiger partial charge in [-0.1, -0.05) is 18.2 Å². The van der Waals surface area contributed by atoms with E-state index in [1.165, 1.54) is 4.90 Å². The van der Waals surface area contributed by atoms with Crippen molar-refractivity contribution in [3.05, 3.63) is 48.5 Å². The average Bonchev–Trinajstić information content (AvgIpc) is 3.13. The van der Waals surface area contributed by atoms with Crippen LogP contribution in [0.5, 0.6) is 11.5 Å². The van der Waals surface area contributed by atoms with Crippen LogP contribution in [0.3, 0.4) is 0 Å². The molecule has 0 saturated carbocycles. The van der Waals surface area contributed by atoms with Gasteiger partial charge in [0.05, 0.1) is 12.1 Å². The zero-order valence-electron chi connectivity index (χ0n) is 12.2. The van der Waals surface area contributed by atoms with Gasteiger partial charge in [-0.3, -0.25) is 9.59 Å². The predicted octanol–water partition coefficient (Wildman–Crippen LogP) is 2.16. The van der Waals surface area contributed by atoms with Gasteiger partial charge < -0.3 is 14.8 Å². The number of carbonyl (C=O) groups excluding carboxylic acids is 2. The maximum Gasteiger partial charge on any atom is 0.256 e. The molecule has 0 spiro atoms. The Hall–Kier alpha value is -3.02. The highest BCUT2D eigenvalue weighted by molar-refractivity contribution is 6.23. The lowest BCUT2D eigenvalue weighted by atomic mass is 10.2. The molecule has 23 heavy (non-hydrogen) atoms. The minimum Gasteiger partial charge on any atom is -0.454 e. The van der Waals surface area contributed by atoms with Crippen LogP contribution in [0.2, 0.25) is 0 Å². The summed E-state index contributed by atoms with van der Waals surface area (Å²) in [5.74, 6) is 0.847. The summed E-state index contributed by atoms with van der Waals surface area (Å²) < 4.78 is 10.6. The molecule has 1 saturated heterocycles. The Morgan fingerprint density at radius 1 is 1.00 bits per heavy atom. The molecule has 0 aliphatic carbocycles. The molecule has 1 unspecified atom stereocenters. The number of nitrogens with zero attached hydrogens (tertiary/aromatic N) is 1. The standard InChI is InChI=1S/C17H14N2O4/c20-16-9-13(17(21)19(16)12-4-2-1-3-5-12)18-11-6-7-14-15(8-11)23-10-22-14/h1-8,13,18H,9-10H2. The predicted molar refractivity (Wildman–Crippen MR) is 83.5 cm³/mol. The first-order valence-electron chi connectivity index (χ1n) is 7.30. The molecule has 2 aromatic carbocycles. The highest BCUT2D eigenvalue weighted by Gasteiger charge is 2.39. The smallest absolute Gasteiger partial charge is 0.256 e. The van der Waals surface area contributed by atoms with Crippen molar-refractivity contribution in [2.24, 2.45) is 0 Å². The van der Waals surface area contributed by atoms with Gasteiger partial charge >= 0.3 is 0 Å². The van der Waals surface area contributed by atoms with Gasteiger partial charge in [0.2, 0.25) is 12.7 Å². The Bertz CT molecular complexity index is 775. The number of anilines is 2. The highest BCUT2D eigenvalue weighted by atomic mass is 16.7. The van der Waals surface area contributed by atoms with Crippen molar-refractivity contribution in [3.63, 3.8) is 0 Å². The second-order valence-corrected chi connectivity index (χ2v) is 5.37. The minimum atomic E-state index is -0.580. The van der Waals surface area contributed by atoms with Crippen molar-refractivity contribution < 1.29 is 19.1 Å². The van der Waals surface area contributed by atoms with E-state index in [9.17, 15) is 9.59 Å². The maximum absolute atomic E-state index is 12.5. The van der Waals surface area contributed by atoms with E-state index in [-0.39, 0.29) is 25.0 Å². The van der Waals surface area contributed by atoms with Crippen molar-refractivity contribution in [1.29, 1.82) is 0 Å². The molecule has 1 N–H and O–H groups in total. The van der Waals surface area contributed by atoms with E-state index in [1.54, 1.807) is 42.5 Å². The number of imide groups is 1. The summed E-state index contributed by atoms with van der Waals surface area (Å²) in [6.45, 7) is 0.196. The number of amides is 2. The molecule has 1 atom stereocenters. The second kappa shape index (κ2) is 5.31. The number of rotatable bonds is 3. The van der Waals surface area contributed by atoms with Crippen molar-refractivity contribution in [3.8, 4) is 11.5 Å². The fourth-order valence-electron chi connectivity index (χ4n) is 2.78. The van der Waals surface area contributed by atoms with Crippen LogP contribution in [0.4, 0.5) is 11.4 Å². The lowest BCUT2D eigenvalue weighted by Gasteiger charge is -2.16. The summed E-state index contributed by atoms with van der Waals surface area (Å²) in [7, 11) is 0. The van der Waals surface area contributed by atoms with Crippen LogP contribution in [0.25, 0.3) is 0 Å². The van der Waals surface area contributed by atoms with E-state index in [0.717, 1.165) is 5.69 Å². The molecular formula is C17H14N2O4. The Morgan fingerprint density at radius 3 is 2.61 bits per heavy atom. The third-order valence-electron chi connectivity index (χ3n) is 3.87. The summed E-state index contributed by atoms with van der Waals surface area (Å²) in [5, 5.41) is 3.10. The van der Waals surface area contributed by atoms with Crippen LogP contribution in [-0.4, -0.2) is 24.6 Å². The molecule has 6 nitrogen and oxygen atoms in total. The quantitative estimate of drug-likeness (QED) is 0.880. The van der Waals surface area contributed by atoms with Gasteiger partial charge in [0.1, 0.15) is 6.04 Å². The number of para-hydroxylation sites is 1. The molecule has 2 aromatic rings. The van der Waals surface area contributed by atoms with Gasteiger partial charge in [-0.05, 0) is 24.3 Å². The molecule has 1 fully saturated rings. The molecule has 0 radical (unpaired) electrons. The molecule has 2 heterocycles. The van der Waals surface area contributed by atoms with Crippen LogP contribution in [0.15, 0.2) is 48.5 Å². The molecule has 2 amide bonds. The zero-order chi connectivity index (χ0) is 15.8. The van der Waals surface area contributed by atoms with E-state index >= 15 is 0 Å². The summed E-state index contributed by atoms with van der Waals surface area (Å²) in [6.07, 6.45) is 0.127. The number of hydrogen-bond donors (Lipinski definition) is 1. The number of carbonyl (C=O) groups is 2. The first kappa shape index (κ1) is 13.6. The Kier molecular flexibility index (Phi) is 3.15. The molecule has 2 aliphatic heterocycles. The summed E-state index contributed by atoms with van der Waals surface area (Å²) in [4.78, 5) is 26.0. The van der Waals surface area contributed by atoms with Gasteiger partial charge in [-0.15, -0.1) is 0 Å². The number of ether oxygens (including phenoxy) is 2. The fourth-order valence-corrected chi connectivity index (χ4v) is 2.78. The van der Waals surface area contributed by atoms with Crippen molar-refractivity contribution in [1.82, 2.24) is 0 Å². The first-order chi connectivity index (χ1) is 11.2. The minimum absolute atomic E-state index is 0.127. The summed E-state index contributed by atoms with van der Waals surface area (Å²) >= 11 is 0. The molecule has 0 aromatic heterocycles. The van der Waals surface area contributed by atoms with Gasteiger partial charge in [0.15, 0.2) is 11.5 Å². The van der Waals surface area contributed by atoms with Crippen LogP contribution < -0.4 is 19.7 Å². The molecular weight excluding hydrogens is 296 g/mol. The Labute approximate surface area is 132 Å². The highest BCUT2D eigenvalue weighted by Crippen LogP contribution is 2.35. The van der Waals surface area contributed by atoms with Gasteiger partial charge in [-0.25, -0.2) is 4.90 Å². The van der Waals surface area contributed by atoms with E-state index < -0.39 is 6.04 Å². The second-order valence-electron chi connectivity index (χ2n) is 5.37. The Balaban J connectivity index is 1.54. The third kappa shape index (κ3) is 2.38. The number of hydrogen-bond acceptors (Lipinski definition) is 5. The van der Waals surface area contributed by atoms with E-state index in [1.807, 2.05) is 6.07 Å². The number of fused-ring (bicyclic) bond motifs is 1. The number of nitrogens with one attached hydrogen (secondary N) is 1. The monoisotopic (exact) mass is 310 g/mol. The van der Waals surface area contributed by atoms with Gasteiger partial charge in [0.25, 0.3) is 5.91 Å². The van der Waals surface area contributed by atoms with Gasteiger partial charge in [0, 0.05) is 11.8 Å². The lowest BCUT2D eigenvalue weighted by Crippen LogP contribution is -2.34. The summed E-state index contributed by atoms with van der Waals surface area (Å²) in [6, 6.07) is 13.7. The summed E-state index contributed by atoms with van der Waals surface area (Å²) in [5.41, 5.74) is 1.31. The SMILES string of the molecule is O=C1CC(Nc2ccc3c(c2)OCO3)C(=O)N1c1ccccc1. The largest absolute Gasteiger partial charge is 0.454 e. The van der Waals surface area contributed by atoms with Crippen LogP contribution in [-0.2, 0) is 9.59 Å². The zero-order valence-corrected chi connectivity index (χ0v) is 12.2. The Morgan fingerprint density at radius 2 is 1.78 bits per heavy atom. The third-order valence-corrected chi connectivity index (χ3v) is 3.87. The molecule has 116 valence electrons. The van der Waals surface area contributed by atoms with Crippen molar-refractivity contribution in [2.45, 2.75) is 12.5 Å². The van der Waals surface area contributed by atoms with Crippen LogP contribution in [0, 0.1) is 0 Å². The van der Waals surface area contributed by atoms with E-state index in [2.05, 4.69) is 5.32 Å². The van der Waals surface area contributed by atoms with Crippen molar-refractivity contribution >= 4 is 23.2 Å². The molecule has 0 bridgehead atoms. The van der Waals surface area contributed by atoms with Crippen LogP contribution >= 0.6 is 0 Å². The topological polar surface area (TPSA) is 67.9 Å².